The second-order valence-electron chi connectivity index (χ2n) is 3.73. The minimum atomic E-state index is -0.362. The molecule has 0 rings (SSSR count). The van der Waals surface area contributed by atoms with Crippen LogP contribution in [-0.4, -0.2) is 18.0 Å². The average Bonchev–Trinajstić information content (AvgIpc) is 2.14. The first-order valence-corrected chi connectivity index (χ1v) is 5.08. The fraction of sp³-hybridized carbons (Fsp3) is 0.900. The molecule has 0 bridgehead atoms. The summed E-state index contributed by atoms with van der Waals surface area (Å²) in [6.45, 7) is 8.07. The topological polar surface area (TPSA) is 55.1 Å². The predicted octanol–water partition coefficient (Wildman–Crippen LogP) is 1.27. The maximum Gasteiger partial charge on any atom is 0.237 e. The van der Waals surface area contributed by atoms with Gasteiger partial charge in [-0.2, -0.15) is 0 Å². The maximum absolute atomic E-state index is 11.5. The van der Waals surface area contributed by atoms with Crippen molar-refractivity contribution in [3.05, 3.63) is 0 Å². The van der Waals surface area contributed by atoms with E-state index in [4.69, 9.17) is 5.73 Å². The Morgan fingerprint density at radius 3 is 2.23 bits per heavy atom. The minimum Gasteiger partial charge on any atom is -0.352 e. The standard InChI is InChI=1S/C10H22N2O/c1-5-7(3)9(11)10(13)12-8(4)6-2/h7-9H,5-6,11H2,1-4H3,(H,12,13)/t7-,8+,9-/m1/s1. The van der Waals surface area contributed by atoms with Crippen molar-refractivity contribution in [2.24, 2.45) is 11.7 Å². The van der Waals surface area contributed by atoms with Crippen LogP contribution in [0.4, 0.5) is 0 Å². The highest BCUT2D eigenvalue weighted by Crippen LogP contribution is 2.05. The van der Waals surface area contributed by atoms with Crippen molar-refractivity contribution in [3.8, 4) is 0 Å². The number of rotatable bonds is 5. The van der Waals surface area contributed by atoms with Crippen LogP contribution in [-0.2, 0) is 4.79 Å². The smallest absolute Gasteiger partial charge is 0.237 e. The summed E-state index contributed by atoms with van der Waals surface area (Å²) >= 11 is 0. The molecule has 13 heavy (non-hydrogen) atoms. The van der Waals surface area contributed by atoms with Crippen LogP contribution in [0.1, 0.15) is 40.5 Å². The molecule has 0 aromatic carbocycles. The van der Waals surface area contributed by atoms with E-state index < -0.39 is 0 Å². The van der Waals surface area contributed by atoms with Crippen LogP contribution >= 0.6 is 0 Å². The highest BCUT2D eigenvalue weighted by molar-refractivity contribution is 5.81. The Labute approximate surface area is 81.1 Å². The molecule has 0 unspecified atom stereocenters. The van der Waals surface area contributed by atoms with Crippen molar-refractivity contribution >= 4 is 5.91 Å². The monoisotopic (exact) mass is 186 g/mol. The quantitative estimate of drug-likeness (QED) is 0.679. The van der Waals surface area contributed by atoms with E-state index in [1.165, 1.54) is 0 Å². The van der Waals surface area contributed by atoms with Gasteiger partial charge >= 0.3 is 0 Å². The van der Waals surface area contributed by atoms with E-state index in [1.807, 2.05) is 27.7 Å². The molecule has 0 radical (unpaired) electrons. The molecule has 0 fully saturated rings. The number of hydrogen-bond donors (Lipinski definition) is 2. The molecule has 0 heterocycles. The molecule has 0 aliphatic rings. The Morgan fingerprint density at radius 2 is 1.85 bits per heavy atom. The van der Waals surface area contributed by atoms with Gasteiger partial charge in [-0.1, -0.05) is 27.2 Å². The van der Waals surface area contributed by atoms with E-state index in [0.717, 1.165) is 12.8 Å². The van der Waals surface area contributed by atoms with Gasteiger partial charge in [0.15, 0.2) is 0 Å². The average molecular weight is 186 g/mol. The van der Waals surface area contributed by atoms with Crippen molar-refractivity contribution in [2.75, 3.05) is 0 Å². The lowest BCUT2D eigenvalue weighted by Crippen LogP contribution is -2.47. The van der Waals surface area contributed by atoms with Crippen molar-refractivity contribution in [1.82, 2.24) is 5.32 Å². The van der Waals surface area contributed by atoms with E-state index in [1.54, 1.807) is 0 Å². The predicted molar refractivity (Wildman–Crippen MR) is 55.3 cm³/mol. The number of carbonyl (C=O) groups is 1. The summed E-state index contributed by atoms with van der Waals surface area (Å²) in [4.78, 5) is 11.5. The lowest BCUT2D eigenvalue weighted by molar-refractivity contribution is -0.124. The van der Waals surface area contributed by atoms with Gasteiger partial charge in [0, 0.05) is 6.04 Å². The first-order chi connectivity index (χ1) is 6.02. The highest BCUT2D eigenvalue weighted by Gasteiger charge is 2.19. The van der Waals surface area contributed by atoms with Gasteiger partial charge in [0.25, 0.3) is 0 Å². The molecule has 0 saturated heterocycles. The van der Waals surface area contributed by atoms with E-state index in [-0.39, 0.29) is 23.9 Å². The summed E-state index contributed by atoms with van der Waals surface area (Å²) < 4.78 is 0. The normalized spacial score (nSPS) is 17.6. The molecule has 0 saturated carbocycles. The minimum absolute atomic E-state index is 0.0244. The molecule has 1 amide bonds. The van der Waals surface area contributed by atoms with E-state index in [0.29, 0.717) is 0 Å². The fourth-order valence-electron chi connectivity index (χ4n) is 0.953. The molecule has 0 aromatic rings. The Hall–Kier alpha value is -0.570. The fourth-order valence-corrected chi connectivity index (χ4v) is 0.953. The second kappa shape index (κ2) is 5.97. The van der Waals surface area contributed by atoms with E-state index in [9.17, 15) is 4.79 Å². The Morgan fingerprint density at radius 1 is 1.31 bits per heavy atom. The SMILES string of the molecule is CC[C@@H](C)[C@@H](N)C(=O)N[C@@H](C)CC. The summed E-state index contributed by atoms with van der Waals surface area (Å²) in [6.07, 6.45) is 1.88. The molecule has 0 aliphatic heterocycles. The van der Waals surface area contributed by atoms with E-state index >= 15 is 0 Å². The summed E-state index contributed by atoms with van der Waals surface area (Å²) in [5.41, 5.74) is 5.76. The van der Waals surface area contributed by atoms with Gasteiger partial charge < -0.3 is 11.1 Å². The summed E-state index contributed by atoms with van der Waals surface area (Å²) in [6, 6.07) is -0.137. The Balaban J connectivity index is 3.96. The van der Waals surface area contributed by atoms with Crippen molar-refractivity contribution in [3.63, 3.8) is 0 Å². The molecule has 78 valence electrons. The third-order valence-electron chi connectivity index (χ3n) is 2.56. The van der Waals surface area contributed by atoms with Gasteiger partial charge in [-0.25, -0.2) is 0 Å². The van der Waals surface area contributed by atoms with Crippen LogP contribution in [0.5, 0.6) is 0 Å². The highest BCUT2D eigenvalue weighted by atomic mass is 16.2. The number of carbonyl (C=O) groups excluding carboxylic acids is 1. The molecule has 3 nitrogen and oxygen atoms in total. The van der Waals surface area contributed by atoms with Crippen LogP contribution in [0.3, 0.4) is 0 Å². The summed E-state index contributed by atoms with van der Waals surface area (Å²) in [5, 5.41) is 2.88. The number of hydrogen-bond acceptors (Lipinski definition) is 2. The Bertz CT molecular complexity index is 159. The molecule has 0 aromatic heterocycles. The van der Waals surface area contributed by atoms with Crippen molar-refractivity contribution in [2.45, 2.75) is 52.6 Å². The van der Waals surface area contributed by atoms with Gasteiger partial charge in [-0.3, -0.25) is 4.79 Å². The molecular weight excluding hydrogens is 164 g/mol. The number of nitrogens with one attached hydrogen (secondary N) is 1. The Kier molecular flexibility index (Phi) is 5.71. The third kappa shape index (κ3) is 4.27. The molecule has 3 N–H and O–H groups in total. The summed E-state index contributed by atoms with van der Waals surface area (Å²) in [5.74, 6) is 0.229. The lowest BCUT2D eigenvalue weighted by atomic mass is 9.99. The molecule has 3 heteroatoms. The third-order valence-corrected chi connectivity index (χ3v) is 2.56. The van der Waals surface area contributed by atoms with Gasteiger partial charge in [0.05, 0.1) is 6.04 Å². The van der Waals surface area contributed by atoms with Gasteiger partial charge in [0.2, 0.25) is 5.91 Å². The van der Waals surface area contributed by atoms with Crippen LogP contribution in [0, 0.1) is 5.92 Å². The number of amides is 1. The first kappa shape index (κ1) is 12.4. The first-order valence-electron chi connectivity index (χ1n) is 5.08. The van der Waals surface area contributed by atoms with Crippen LogP contribution in [0.2, 0.25) is 0 Å². The lowest BCUT2D eigenvalue weighted by Gasteiger charge is -2.20. The zero-order chi connectivity index (χ0) is 10.4. The van der Waals surface area contributed by atoms with Crippen molar-refractivity contribution in [1.29, 1.82) is 0 Å². The maximum atomic E-state index is 11.5. The van der Waals surface area contributed by atoms with Gasteiger partial charge in [0.1, 0.15) is 0 Å². The second-order valence-corrected chi connectivity index (χ2v) is 3.73. The molecule has 0 spiro atoms. The van der Waals surface area contributed by atoms with Crippen molar-refractivity contribution < 1.29 is 4.79 Å². The largest absolute Gasteiger partial charge is 0.352 e. The van der Waals surface area contributed by atoms with E-state index in [2.05, 4.69) is 5.32 Å². The zero-order valence-corrected chi connectivity index (χ0v) is 9.13. The molecular formula is C10H22N2O. The van der Waals surface area contributed by atoms with Crippen LogP contribution in [0.25, 0.3) is 0 Å². The summed E-state index contributed by atoms with van der Waals surface area (Å²) in [7, 11) is 0. The zero-order valence-electron chi connectivity index (χ0n) is 9.13. The molecule has 3 atom stereocenters. The number of nitrogens with two attached hydrogens (primary N) is 1. The van der Waals surface area contributed by atoms with Gasteiger partial charge in [-0.05, 0) is 19.3 Å². The van der Waals surface area contributed by atoms with Crippen LogP contribution < -0.4 is 11.1 Å². The van der Waals surface area contributed by atoms with Gasteiger partial charge in [-0.15, -0.1) is 0 Å². The van der Waals surface area contributed by atoms with Crippen LogP contribution in [0.15, 0.2) is 0 Å². The molecule has 0 aliphatic carbocycles.